The van der Waals surface area contributed by atoms with E-state index in [0.717, 1.165) is 0 Å². The highest BCUT2D eigenvalue weighted by atomic mass is 32.1. The predicted molar refractivity (Wildman–Crippen MR) is 74.2 cm³/mol. The first kappa shape index (κ1) is 12.6. The van der Waals surface area contributed by atoms with Crippen LogP contribution in [0.4, 0.5) is 0 Å². The molecule has 2 atom stereocenters. The smallest absolute Gasteiger partial charge is 0.0479 e. The van der Waals surface area contributed by atoms with Gasteiger partial charge in [-0.1, -0.05) is 32.0 Å². The minimum Gasteiger partial charge on any atom is -0.396 e. The molecule has 17 heavy (non-hydrogen) atoms. The number of aliphatic hydroxyl groups is 1. The zero-order valence-electron chi connectivity index (χ0n) is 10.3. The van der Waals surface area contributed by atoms with Crippen molar-refractivity contribution in [1.82, 2.24) is 0 Å². The van der Waals surface area contributed by atoms with Gasteiger partial charge in [-0.15, -0.1) is 11.3 Å². The second-order valence-electron chi connectivity index (χ2n) is 4.80. The lowest BCUT2D eigenvalue weighted by molar-refractivity contribution is 0.166. The molecule has 2 unspecified atom stereocenters. The third-order valence-electron chi connectivity index (χ3n) is 3.40. The monoisotopic (exact) mass is 249 g/mol. The summed E-state index contributed by atoms with van der Waals surface area (Å²) in [6.45, 7) is 4.35. The van der Waals surface area contributed by atoms with Gasteiger partial charge in [-0.05, 0) is 28.3 Å². The van der Waals surface area contributed by atoms with Gasteiger partial charge in [0.15, 0.2) is 0 Å². The molecule has 0 saturated carbocycles. The van der Waals surface area contributed by atoms with Gasteiger partial charge in [-0.25, -0.2) is 0 Å². The van der Waals surface area contributed by atoms with E-state index in [1.54, 1.807) is 11.3 Å². The van der Waals surface area contributed by atoms with Crippen molar-refractivity contribution in [2.24, 2.45) is 17.6 Å². The molecular weight excluding hydrogens is 230 g/mol. The van der Waals surface area contributed by atoms with E-state index in [9.17, 15) is 5.11 Å². The van der Waals surface area contributed by atoms with Gasteiger partial charge in [0.2, 0.25) is 0 Å². The Labute approximate surface area is 106 Å². The van der Waals surface area contributed by atoms with Crippen molar-refractivity contribution in [2.75, 3.05) is 6.61 Å². The molecule has 0 spiro atoms. The fourth-order valence-corrected chi connectivity index (χ4v) is 3.23. The van der Waals surface area contributed by atoms with Gasteiger partial charge in [0.25, 0.3) is 0 Å². The van der Waals surface area contributed by atoms with E-state index in [1.807, 2.05) is 12.1 Å². The van der Waals surface area contributed by atoms with Crippen LogP contribution < -0.4 is 5.73 Å². The number of aliphatic hydroxyl groups excluding tert-OH is 1. The highest BCUT2D eigenvalue weighted by molar-refractivity contribution is 7.17. The maximum Gasteiger partial charge on any atom is 0.0479 e. The Hall–Kier alpha value is -0.900. The number of rotatable bonds is 4. The van der Waals surface area contributed by atoms with E-state index in [2.05, 4.69) is 31.4 Å². The average molecular weight is 249 g/mol. The van der Waals surface area contributed by atoms with Crippen molar-refractivity contribution < 1.29 is 5.11 Å². The summed E-state index contributed by atoms with van der Waals surface area (Å²) in [6, 6.07) is 8.21. The summed E-state index contributed by atoms with van der Waals surface area (Å²) in [5, 5.41) is 12.8. The van der Waals surface area contributed by atoms with Crippen LogP contribution in [-0.4, -0.2) is 11.7 Å². The first-order valence-corrected chi connectivity index (χ1v) is 6.85. The molecule has 0 radical (unpaired) electrons. The summed E-state index contributed by atoms with van der Waals surface area (Å²) in [5.74, 6) is 0.502. The number of nitrogens with two attached hydrogens (primary N) is 1. The summed E-state index contributed by atoms with van der Waals surface area (Å²) in [6.07, 6.45) is 0. The molecule has 1 aromatic carbocycles. The van der Waals surface area contributed by atoms with Crippen molar-refractivity contribution in [1.29, 1.82) is 0 Å². The topological polar surface area (TPSA) is 46.2 Å². The predicted octanol–water partition coefficient (Wildman–Crippen LogP) is 3.17. The lowest BCUT2D eigenvalue weighted by atomic mass is 9.85. The van der Waals surface area contributed by atoms with Gasteiger partial charge >= 0.3 is 0 Å². The van der Waals surface area contributed by atoms with Crippen LogP contribution >= 0.6 is 11.3 Å². The molecule has 2 nitrogen and oxygen atoms in total. The molecule has 0 amide bonds. The van der Waals surface area contributed by atoms with E-state index in [-0.39, 0.29) is 18.6 Å². The molecule has 0 fully saturated rings. The summed E-state index contributed by atoms with van der Waals surface area (Å²) in [5.41, 5.74) is 7.47. The molecular formula is C14H19NOS. The van der Waals surface area contributed by atoms with Gasteiger partial charge in [-0.2, -0.15) is 0 Å². The Morgan fingerprint density at radius 1 is 1.29 bits per heavy atom. The molecule has 2 rings (SSSR count). The number of thiophene rings is 1. The normalized spacial score (nSPS) is 15.4. The fourth-order valence-electron chi connectivity index (χ4n) is 2.23. The third-order valence-corrected chi connectivity index (χ3v) is 4.38. The molecule has 1 aromatic heterocycles. The zero-order valence-corrected chi connectivity index (χ0v) is 11.1. The van der Waals surface area contributed by atoms with Gasteiger partial charge in [0.05, 0.1) is 0 Å². The maximum atomic E-state index is 9.46. The van der Waals surface area contributed by atoms with Gasteiger partial charge in [-0.3, -0.25) is 0 Å². The van der Waals surface area contributed by atoms with E-state index >= 15 is 0 Å². The maximum absolute atomic E-state index is 9.46. The van der Waals surface area contributed by atoms with Crippen LogP contribution in [0.2, 0.25) is 0 Å². The molecule has 0 aliphatic rings. The molecule has 3 heteroatoms. The average Bonchev–Trinajstić information content (AvgIpc) is 2.72. The standard InChI is InChI=1S/C14H19NOS/c1-9(2)11(7-16)14(15)12-8-17-13-6-4-3-5-10(12)13/h3-6,8-9,11,14,16H,7,15H2,1-2H3. The van der Waals surface area contributed by atoms with Gasteiger partial charge in [0.1, 0.15) is 0 Å². The van der Waals surface area contributed by atoms with Crippen LogP contribution in [0.15, 0.2) is 29.6 Å². The van der Waals surface area contributed by atoms with Crippen molar-refractivity contribution in [3.05, 3.63) is 35.2 Å². The molecule has 2 aromatic rings. The highest BCUT2D eigenvalue weighted by Gasteiger charge is 2.24. The third kappa shape index (κ3) is 2.37. The van der Waals surface area contributed by atoms with Crippen LogP contribution in [0.25, 0.3) is 10.1 Å². The minimum atomic E-state index is -0.0869. The zero-order chi connectivity index (χ0) is 12.4. The summed E-state index contributed by atoms with van der Waals surface area (Å²) in [7, 11) is 0. The summed E-state index contributed by atoms with van der Waals surface area (Å²) in [4.78, 5) is 0. The van der Waals surface area contributed by atoms with Crippen molar-refractivity contribution >= 4 is 21.4 Å². The largest absolute Gasteiger partial charge is 0.396 e. The van der Waals surface area contributed by atoms with Crippen LogP contribution in [-0.2, 0) is 0 Å². The number of hydrogen-bond donors (Lipinski definition) is 2. The van der Waals surface area contributed by atoms with Crippen LogP contribution in [0.1, 0.15) is 25.5 Å². The molecule has 0 aliphatic carbocycles. The van der Waals surface area contributed by atoms with Crippen molar-refractivity contribution in [3.63, 3.8) is 0 Å². The van der Waals surface area contributed by atoms with Crippen LogP contribution in [0, 0.1) is 11.8 Å². The van der Waals surface area contributed by atoms with Gasteiger partial charge < -0.3 is 10.8 Å². The second kappa shape index (κ2) is 5.17. The molecule has 1 heterocycles. The SMILES string of the molecule is CC(C)C(CO)C(N)c1csc2ccccc12. The van der Waals surface area contributed by atoms with Crippen molar-refractivity contribution in [3.8, 4) is 0 Å². The Morgan fingerprint density at radius 3 is 2.65 bits per heavy atom. The molecule has 92 valence electrons. The molecule has 3 N–H and O–H groups in total. The highest BCUT2D eigenvalue weighted by Crippen LogP contribution is 2.34. The summed E-state index contributed by atoms with van der Waals surface area (Å²) >= 11 is 1.72. The van der Waals surface area contributed by atoms with Gasteiger partial charge in [0, 0.05) is 23.3 Å². The van der Waals surface area contributed by atoms with E-state index in [0.29, 0.717) is 5.92 Å². The van der Waals surface area contributed by atoms with Crippen LogP contribution in [0.3, 0.4) is 0 Å². The fraction of sp³-hybridized carbons (Fsp3) is 0.429. The molecule has 0 aliphatic heterocycles. The quantitative estimate of drug-likeness (QED) is 0.874. The van der Waals surface area contributed by atoms with E-state index in [4.69, 9.17) is 5.73 Å². The second-order valence-corrected chi connectivity index (χ2v) is 5.71. The number of hydrogen-bond acceptors (Lipinski definition) is 3. The Kier molecular flexibility index (Phi) is 3.82. The molecule has 0 saturated heterocycles. The van der Waals surface area contributed by atoms with E-state index in [1.165, 1.54) is 15.6 Å². The summed E-state index contributed by atoms with van der Waals surface area (Å²) < 4.78 is 1.26. The molecule has 0 bridgehead atoms. The Balaban J connectivity index is 2.39. The Morgan fingerprint density at radius 2 is 2.00 bits per heavy atom. The van der Waals surface area contributed by atoms with Crippen molar-refractivity contribution in [2.45, 2.75) is 19.9 Å². The Bertz CT molecular complexity index is 492. The minimum absolute atomic E-state index is 0.0869. The lowest BCUT2D eigenvalue weighted by Gasteiger charge is -2.25. The van der Waals surface area contributed by atoms with Crippen LogP contribution in [0.5, 0.6) is 0 Å². The number of benzene rings is 1. The first-order chi connectivity index (χ1) is 8.15. The number of fused-ring (bicyclic) bond motifs is 1. The van der Waals surface area contributed by atoms with E-state index < -0.39 is 0 Å². The lowest BCUT2D eigenvalue weighted by Crippen LogP contribution is -2.28. The first-order valence-electron chi connectivity index (χ1n) is 5.97.